The second-order valence-corrected chi connectivity index (χ2v) is 28.0. The zero-order valence-corrected chi connectivity index (χ0v) is 35.6. The SMILES string of the molecule is COc1ccc(CO[C@H]2[C@@H](OCc3ccccc3)[C@H]3[C@@H](C(=O)C[C@H](O[Si](C)(C)C(C)(C)C)C2(C)C)[C@@H](O)C=C[C@H]3CO[Si](C)(C)C(C)(C)C)cc1. The fourth-order valence-electron chi connectivity index (χ4n) is 6.84. The molecule has 0 heterocycles. The van der Waals surface area contributed by atoms with E-state index in [2.05, 4.69) is 99.8 Å². The minimum atomic E-state index is -2.35. The van der Waals surface area contributed by atoms with E-state index in [0.717, 1.165) is 16.9 Å². The molecule has 0 bridgehead atoms. The van der Waals surface area contributed by atoms with Crippen LogP contribution in [0.1, 0.15) is 72.9 Å². The fourth-order valence-corrected chi connectivity index (χ4v) is 9.33. The van der Waals surface area contributed by atoms with Gasteiger partial charge in [-0.3, -0.25) is 4.79 Å². The summed E-state index contributed by atoms with van der Waals surface area (Å²) in [7, 11) is -2.83. The Hall–Kier alpha value is -2.12. The number of Topliss-reactive ketones (excluding diaryl/α,β-unsaturated/α-hetero) is 1. The molecule has 2 aliphatic carbocycles. The van der Waals surface area contributed by atoms with E-state index in [1.165, 1.54) is 0 Å². The van der Waals surface area contributed by atoms with E-state index < -0.39 is 52.4 Å². The summed E-state index contributed by atoms with van der Waals surface area (Å²) < 4.78 is 33.7. The molecule has 1 saturated carbocycles. The van der Waals surface area contributed by atoms with Crippen molar-refractivity contribution in [3.8, 4) is 5.75 Å². The summed E-state index contributed by atoms with van der Waals surface area (Å²) in [5.74, 6) is -0.464. The van der Waals surface area contributed by atoms with Gasteiger partial charge in [-0.1, -0.05) is 110 Å². The normalized spacial score (nSPS) is 27.4. The summed E-state index contributed by atoms with van der Waals surface area (Å²) in [6, 6.07) is 18.1. The van der Waals surface area contributed by atoms with E-state index in [9.17, 15) is 9.90 Å². The molecular weight excluding hydrogens is 673 g/mol. The largest absolute Gasteiger partial charge is 0.497 e. The number of hydrogen-bond acceptors (Lipinski definition) is 7. The van der Waals surface area contributed by atoms with Crippen molar-refractivity contribution in [3.63, 3.8) is 0 Å². The number of fused-ring (bicyclic) bond motifs is 1. The maximum absolute atomic E-state index is 14.7. The molecule has 0 aliphatic heterocycles. The lowest BCUT2D eigenvalue weighted by atomic mass is 9.61. The Kier molecular flexibility index (Phi) is 13.1. The van der Waals surface area contributed by atoms with Crippen LogP contribution < -0.4 is 4.74 Å². The van der Waals surface area contributed by atoms with Crippen molar-refractivity contribution >= 4 is 22.4 Å². The van der Waals surface area contributed by atoms with Gasteiger partial charge < -0.3 is 28.2 Å². The van der Waals surface area contributed by atoms with Crippen molar-refractivity contribution in [1.82, 2.24) is 0 Å². The van der Waals surface area contributed by atoms with Crippen molar-refractivity contribution in [2.45, 2.75) is 136 Å². The van der Waals surface area contributed by atoms with Gasteiger partial charge in [0.1, 0.15) is 11.5 Å². The van der Waals surface area contributed by atoms with Crippen molar-refractivity contribution in [3.05, 3.63) is 77.9 Å². The highest BCUT2D eigenvalue weighted by molar-refractivity contribution is 6.74. The van der Waals surface area contributed by atoms with Crippen LogP contribution >= 0.6 is 0 Å². The highest BCUT2D eigenvalue weighted by Gasteiger charge is 2.57. The van der Waals surface area contributed by atoms with Crippen LogP contribution in [0.5, 0.6) is 5.75 Å². The van der Waals surface area contributed by atoms with Crippen LogP contribution in [-0.4, -0.2) is 65.7 Å². The lowest BCUT2D eigenvalue weighted by molar-refractivity contribution is -0.201. The van der Waals surface area contributed by atoms with Crippen molar-refractivity contribution < 1.29 is 33.0 Å². The molecule has 0 radical (unpaired) electrons. The van der Waals surface area contributed by atoms with E-state index >= 15 is 0 Å². The highest BCUT2D eigenvalue weighted by atomic mass is 28.4. The van der Waals surface area contributed by atoms with Gasteiger partial charge in [-0.05, 0) is 59.5 Å². The van der Waals surface area contributed by atoms with Gasteiger partial charge in [0.2, 0.25) is 0 Å². The Balaban J connectivity index is 1.87. The third kappa shape index (κ3) is 9.71. The van der Waals surface area contributed by atoms with Gasteiger partial charge in [0.25, 0.3) is 0 Å². The van der Waals surface area contributed by atoms with Crippen LogP contribution in [-0.2, 0) is 36.3 Å². The van der Waals surface area contributed by atoms with E-state index in [1.807, 2.05) is 42.5 Å². The number of ketones is 1. The Morgan fingerprint density at radius 3 is 1.94 bits per heavy atom. The average molecular weight is 739 g/mol. The van der Waals surface area contributed by atoms with Crippen molar-refractivity contribution in [1.29, 1.82) is 0 Å². The number of benzene rings is 2. The number of carbonyl (C=O) groups is 1. The number of methoxy groups -OCH3 is 1. The molecule has 0 spiro atoms. The first-order valence-electron chi connectivity index (χ1n) is 18.7. The van der Waals surface area contributed by atoms with E-state index in [0.29, 0.717) is 19.8 Å². The Morgan fingerprint density at radius 1 is 0.804 bits per heavy atom. The molecule has 9 heteroatoms. The smallest absolute Gasteiger partial charge is 0.192 e. The Morgan fingerprint density at radius 2 is 1.37 bits per heavy atom. The molecule has 2 aromatic rings. The monoisotopic (exact) mass is 738 g/mol. The minimum absolute atomic E-state index is 0.00729. The Labute approximate surface area is 310 Å². The summed E-state index contributed by atoms with van der Waals surface area (Å²) in [5, 5.41) is 11.7. The molecule has 2 aliphatic rings. The van der Waals surface area contributed by atoms with Crippen LogP contribution in [0.25, 0.3) is 0 Å². The number of aliphatic hydroxyl groups is 1. The van der Waals surface area contributed by atoms with E-state index in [1.54, 1.807) is 13.2 Å². The van der Waals surface area contributed by atoms with Crippen LogP contribution in [0, 0.1) is 23.2 Å². The van der Waals surface area contributed by atoms with Crippen LogP contribution in [0.15, 0.2) is 66.7 Å². The highest BCUT2D eigenvalue weighted by Crippen LogP contribution is 2.49. The number of hydrogen-bond donors (Lipinski definition) is 1. The van der Waals surface area contributed by atoms with Gasteiger partial charge in [-0.25, -0.2) is 0 Å². The van der Waals surface area contributed by atoms with Gasteiger partial charge in [0, 0.05) is 30.3 Å². The summed E-state index contributed by atoms with van der Waals surface area (Å²) in [6.45, 7) is 27.8. The lowest BCUT2D eigenvalue weighted by Crippen LogP contribution is -2.62. The fraction of sp³-hybridized carbons (Fsp3) is 0.643. The van der Waals surface area contributed by atoms with Crippen molar-refractivity contribution in [2.75, 3.05) is 13.7 Å². The summed E-state index contributed by atoms with van der Waals surface area (Å²) >= 11 is 0. The molecule has 51 heavy (non-hydrogen) atoms. The molecule has 1 fully saturated rings. The maximum atomic E-state index is 14.7. The first-order valence-corrected chi connectivity index (χ1v) is 24.5. The van der Waals surface area contributed by atoms with Gasteiger partial charge in [-0.2, -0.15) is 0 Å². The van der Waals surface area contributed by atoms with Crippen molar-refractivity contribution in [2.24, 2.45) is 23.2 Å². The second kappa shape index (κ2) is 16.1. The van der Waals surface area contributed by atoms with E-state index in [4.69, 9.17) is 23.1 Å². The second-order valence-electron chi connectivity index (χ2n) is 18.4. The van der Waals surface area contributed by atoms with Gasteiger partial charge in [0.15, 0.2) is 16.6 Å². The third-order valence-electron chi connectivity index (χ3n) is 12.4. The van der Waals surface area contributed by atoms with Gasteiger partial charge in [0.05, 0.1) is 50.7 Å². The summed E-state index contributed by atoms with van der Waals surface area (Å²) in [6.07, 6.45) is 1.59. The Bertz CT molecular complexity index is 1460. The quantitative estimate of drug-likeness (QED) is 0.172. The predicted octanol–water partition coefficient (Wildman–Crippen LogP) is 9.36. The molecule has 0 unspecified atom stereocenters. The number of aliphatic hydroxyl groups excluding tert-OH is 1. The molecule has 0 saturated heterocycles. The topological polar surface area (TPSA) is 83.5 Å². The third-order valence-corrected chi connectivity index (χ3v) is 21.4. The standard InChI is InChI=1S/C42H66O7Si2/c1-40(2,3)50(10,11)48-28-31-21-24-33(43)37-34(44)25-35(49-51(12,13)41(4,5)6)42(7,8)39(47-27-30-19-22-32(45-9)23-20-30)38(36(31)37)46-26-29-17-15-14-16-18-29/h14-24,31,33,35-39,43H,25-28H2,1-13H3/t31-,33-,35-,36+,37+,38-,39-/m0/s1. The molecule has 7 atom stereocenters. The minimum Gasteiger partial charge on any atom is -0.497 e. The molecule has 7 nitrogen and oxygen atoms in total. The zero-order valence-electron chi connectivity index (χ0n) is 33.6. The molecule has 2 aromatic carbocycles. The van der Waals surface area contributed by atoms with Crippen LogP contribution in [0.2, 0.25) is 36.3 Å². The maximum Gasteiger partial charge on any atom is 0.192 e. The molecule has 1 N–H and O–H groups in total. The zero-order chi connectivity index (χ0) is 38.0. The number of carbonyl (C=O) groups excluding carboxylic acids is 1. The van der Waals surface area contributed by atoms with Crippen LogP contribution in [0.4, 0.5) is 0 Å². The summed E-state index contributed by atoms with van der Waals surface area (Å²) in [5.41, 5.74) is 1.39. The van der Waals surface area contributed by atoms with Gasteiger partial charge in [-0.15, -0.1) is 0 Å². The average Bonchev–Trinajstić information content (AvgIpc) is 3.04. The molecule has 284 valence electrons. The van der Waals surface area contributed by atoms with Crippen LogP contribution in [0.3, 0.4) is 0 Å². The molecule has 0 amide bonds. The van der Waals surface area contributed by atoms with Gasteiger partial charge >= 0.3 is 0 Å². The lowest BCUT2D eigenvalue weighted by Gasteiger charge is -2.54. The molecular formula is C42H66O7Si2. The first kappa shape index (κ1) is 41.6. The predicted molar refractivity (Wildman–Crippen MR) is 211 cm³/mol. The molecule has 4 rings (SSSR count). The number of ether oxygens (including phenoxy) is 3. The first-order chi connectivity index (χ1) is 23.6. The van der Waals surface area contributed by atoms with E-state index in [-0.39, 0.29) is 34.1 Å². The summed E-state index contributed by atoms with van der Waals surface area (Å²) in [4.78, 5) is 14.7. The molecule has 0 aromatic heterocycles. The number of rotatable bonds is 12.